The number of aromatic nitrogens is 7. The van der Waals surface area contributed by atoms with Gasteiger partial charge in [-0.1, -0.05) is 0 Å². The Morgan fingerprint density at radius 2 is 1.24 bits per heavy atom. The number of aromatic amines is 3. The molecule has 0 atom stereocenters. The van der Waals surface area contributed by atoms with Crippen molar-refractivity contribution in [1.82, 2.24) is 35.8 Å². The smallest absolute Gasteiger partial charge is 0.112 e. The SMILES string of the molecule is c1n[nH]cc1-c1cc(-c2cn[nH]c2)cc(-c2cn[nH]n2)c1. The molecular formula is C14H11N7. The predicted molar refractivity (Wildman–Crippen MR) is 77.0 cm³/mol. The van der Waals surface area contributed by atoms with Gasteiger partial charge in [0.2, 0.25) is 0 Å². The maximum Gasteiger partial charge on any atom is 0.112 e. The van der Waals surface area contributed by atoms with Gasteiger partial charge in [0.25, 0.3) is 0 Å². The highest BCUT2D eigenvalue weighted by Crippen LogP contribution is 2.31. The minimum atomic E-state index is 0.796. The van der Waals surface area contributed by atoms with Gasteiger partial charge in [-0.25, -0.2) is 0 Å². The van der Waals surface area contributed by atoms with Gasteiger partial charge in [0, 0.05) is 29.1 Å². The van der Waals surface area contributed by atoms with Gasteiger partial charge in [-0.3, -0.25) is 10.2 Å². The number of rotatable bonds is 3. The van der Waals surface area contributed by atoms with Crippen molar-refractivity contribution < 1.29 is 0 Å². The number of H-pyrrole nitrogens is 3. The molecule has 7 nitrogen and oxygen atoms in total. The normalized spacial score (nSPS) is 10.9. The fourth-order valence-corrected chi connectivity index (χ4v) is 2.27. The fraction of sp³-hybridized carbons (Fsp3) is 0. The lowest BCUT2D eigenvalue weighted by Crippen LogP contribution is -1.84. The Balaban J connectivity index is 1.92. The highest BCUT2D eigenvalue weighted by Gasteiger charge is 2.09. The van der Waals surface area contributed by atoms with Crippen LogP contribution in [-0.2, 0) is 0 Å². The summed E-state index contributed by atoms with van der Waals surface area (Å²) in [6.45, 7) is 0. The molecule has 0 saturated carbocycles. The molecule has 0 amide bonds. The lowest BCUT2D eigenvalue weighted by atomic mass is 9.98. The molecule has 3 heterocycles. The minimum absolute atomic E-state index is 0.796. The molecule has 0 radical (unpaired) electrons. The van der Waals surface area contributed by atoms with Crippen LogP contribution in [0.3, 0.4) is 0 Å². The lowest BCUT2D eigenvalue weighted by Gasteiger charge is -2.06. The molecule has 4 rings (SSSR count). The van der Waals surface area contributed by atoms with Gasteiger partial charge in [0.15, 0.2) is 0 Å². The molecule has 0 aliphatic carbocycles. The first-order valence-corrected chi connectivity index (χ1v) is 6.40. The lowest BCUT2D eigenvalue weighted by molar-refractivity contribution is 0.942. The largest absolute Gasteiger partial charge is 0.285 e. The van der Waals surface area contributed by atoms with Gasteiger partial charge < -0.3 is 0 Å². The van der Waals surface area contributed by atoms with Crippen molar-refractivity contribution in [3.63, 3.8) is 0 Å². The third-order valence-electron chi connectivity index (χ3n) is 3.31. The molecule has 0 spiro atoms. The zero-order chi connectivity index (χ0) is 14.1. The van der Waals surface area contributed by atoms with Crippen LogP contribution in [0.4, 0.5) is 0 Å². The molecule has 3 aromatic heterocycles. The van der Waals surface area contributed by atoms with E-state index in [9.17, 15) is 0 Å². The molecule has 3 N–H and O–H groups in total. The van der Waals surface area contributed by atoms with Gasteiger partial charge in [-0.2, -0.15) is 25.6 Å². The molecule has 0 aliphatic heterocycles. The third-order valence-corrected chi connectivity index (χ3v) is 3.31. The van der Waals surface area contributed by atoms with E-state index in [0.717, 1.165) is 33.5 Å². The molecule has 7 heteroatoms. The number of hydrogen-bond acceptors (Lipinski definition) is 4. The summed E-state index contributed by atoms with van der Waals surface area (Å²) in [4.78, 5) is 0. The van der Waals surface area contributed by atoms with Crippen LogP contribution < -0.4 is 0 Å². The number of benzene rings is 1. The Labute approximate surface area is 119 Å². The van der Waals surface area contributed by atoms with Crippen LogP contribution in [0.1, 0.15) is 0 Å². The Hall–Kier alpha value is -3.22. The molecular weight excluding hydrogens is 266 g/mol. The van der Waals surface area contributed by atoms with Crippen molar-refractivity contribution in [2.45, 2.75) is 0 Å². The molecule has 102 valence electrons. The summed E-state index contributed by atoms with van der Waals surface area (Å²) in [6.07, 6.45) is 9.01. The zero-order valence-corrected chi connectivity index (χ0v) is 10.9. The summed E-state index contributed by atoms with van der Waals surface area (Å²) in [5.41, 5.74) is 5.93. The maximum atomic E-state index is 4.15. The van der Waals surface area contributed by atoms with E-state index in [1.165, 1.54) is 0 Å². The van der Waals surface area contributed by atoms with E-state index >= 15 is 0 Å². The van der Waals surface area contributed by atoms with Gasteiger partial charge in [-0.05, 0) is 29.3 Å². The first-order chi connectivity index (χ1) is 10.4. The predicted octanol–water partition coefficient (Wildman–Crippen LogP) is 2.25. The summed E-state index contributed by atoms with van der Waals surface area (Å²) >= 11 is 0. The van der Waals surface area contributed by atoms with E-state index in [1.807, 2.05) is 12.4 Å². The zero-order valence-electron chi connectivity index (χ0n) is 10.9. The second kappa shape index (κ2) is 4.71. The van der Waals surface area contributed by atoms with E-state index in [0.29, 0.717) is 0 Å². The van der Waals surface area contributed by atoms with Gasteiger partial charge in [-0.15, -0.1) is 0 Å². The third kappa shape index (κ3) is 2.10. The Morgan fingerprint density at radius 1 is 0.619 bits per heavy atom. The Bertz CT molecular complexity index is 703. The topological polar surface area (TPSA) is 98.9 Å². The number of nitrogens with zero attached hydrogens (tertiary/aromatic N) is 4. The molecule has 21 heavy (non-hydrogen) atoms. The summed E-state index contributed by atoms with van der Waals surface area (Å²) in [5.74, 6) is 0. The van der Waals surface area contributed by atoms with Gasteiger partial charge in [0.05, 0.1) is 18.6 Å². The minimum Gasteiger partial charge on any atom is -0.285 e. The van der Waals surface area contributed by atoms with Crippen LogP contribution in [-0.4, -0.2) is 35.8 Å². The second-order valence-electron chi connectivity index (χ2n) is 4.63. The molecule has 4 aromatic rings. The van der Waals surface area contributed by atoms with E-state index in [4.69, 9.17) is 0 Å². The van der Waals surface area contributed by atoms with Crippen molar-refractivity contribution in [2.75, 3.05) is 0 Å². The number of nitrogens with one attached hydrogen (secondary N) is 3. The highest BCUT2D eigenvalue weighted by molar-refractivity contribution is 5.79. The molecule has 0 saturated heterocycles. The van der Waals surface area contributed by atoms with Crippen LogP contribution in [0.15, 0.2) is 49.2 Å². The van der Waals surface area contributed by atoms with Crippen LogP contribution >= 0.6 is 0 Å². The molecule has 0 aliphatic rings. The summed E-state index contributed by atoms with van der Waals surface area (Å²) in [5, 5.41) is 24.3. The second-order valence-corrected chi connectivity index (χ2v) is 4.63. The van der Waals surface area contributed by atoms with Gasteiger partial charge in [0.1, 0.15) is 5.69 Å². The van der Waals surface area contributed by atoms with E-state index in [2.05, 4.69) is 54.0 Å². The van der Waals surface area contributed by atoms with Gasteiger partial charge >= 0.3 is 0 Å². The van der Waals surface area contributed by atoms with Crippen LogP contribution in [0.2, 0.25) is 0 Å². The average Bonchev–Trinajstić information content (AvgIpc) is 3.29. The van der Waals surface area contributed by atoms with Crippen molar-refractivity contribution in [3.05, 3.63) is 49.2 Å². The first kappa shape index (κ1) is 11.6. The summed E-state index contributed by atoms with van der Waals surface area (Å²) in [6, 6.07) is 6.22. The Kier molecular flexibility index (Phi) is 2.60. The van der Waals surface area contributed by atoms with E-state index < -0.39 is 0 Å². The van der Waals surface area contributed by atoms with E-state index in [1.54, 1.807) is 18.6 Å². The Morgan fingerprint density at radius 3 is 1.71 bits per heavy atom. The van der Waals surface area contributed by atoms with Crippen LogP contribution in [0.5, 0.6) is 0 Å². The monoisotopic (exact) mass is 277 g/mol. The standard InChI is InChI=1S/C14H11N7/c1-9(12-4-15-16-5-12)2-11(14-8-19-21-20-14)3-10(1)13-6-17-18-7-13/h1-8H,(H,15,16)(H,17,18)(H,19,20,21). The first-order valence-electron chi connectivity index (χ1n) is 6.40. The quantitative estimate of drug-likeness (QED) is 0.534. The maximum absolute atomic E-state index is 4.15. The summed E-state index contributed by atoms with van der Waals surface area (Å²) < 4.78 is 0. The molecule has 1 aromatic carbocycles. The highest BCUT2D eigenvalue weighted by atomic mass is 15.3. The molecule has 0 unspecified atom stereocenters. The summed E-state index contributed by atoms with van der Waals surface area (Å²) in [7, 11) is 0. The molecule has 0 bridgehead atoms. The van der Waals surface area contributed by atoms with Crippen LogP contribution in [0, 0.1) is 0 Å². The number of hydrogen-bond donors (Lipinski definition) is 3. The van der Waals surface area contributed by atoms with E-state index in [-0.39, 0.29) is 0 Å². The van der Waals surface area contributed by atoms with Crippen molar-refractivity contribution >= 4 is 0 Å². The molecule has 0 fully saturated rings. The van der Waals surface area contributed by atoms with Crippen molar-refractivity contribution in [2.24, 2.45) is 0 Å². The fourth-order valence-electron chi connectivity index (χ4n) is 2.27. The average molecular weight is 277 g/mol. The van der Waals surface area contributed by atoms with Crippen LogP contribution in [0.25, 0.3) is 33.5 Å². The van der Waals surface area contributed by atoms with Crippen molar-refractivity contribution in [1.29, 1.82) is 0 Å². The van der Waals surface area contributed by atoms with Crippen molar-refractivity contribution in [3.8, 4) is 33.5 Å².